The van der Waals surface area contributed by atoms with E-state index in [1.165, 1.54) is 16.7 Å². The van der Waals surface area contributed by atoms with Crippen molar-refractivity contribution in [3.8, 4) is 0 Å². The molecule has 1 aliphatic heterocycles. The molecule has 1 unspecified atom stereocenters. The van der Waals surface area contributed by atoms with Crippen molar-refractivity contribution in [1.82, 2.24) is 5.32 Å². The van der Waals surface area contributed by atoms with Crippen molar-refractivity contribution < 1.29 is 4.42 Å². The van der Waals surface area contributed by atoms with Crippen LogP contribution in [0.3, 0.4) is 0 Å². The molecule has 3 rings (SSSR count). The van der Waals surface area contributed by atoms with Crippen LogP contribution in [-0.2, 0) is 12.8 Å². The molecule has 0 amide bonds. The minimum Gasteiger partial charge on any atom is -0.467 e. The van der Waals surface area contributed by atoms with Crippen molar-refractivity contribution in [3.63, 3.8) is 0 Å². The lowest BCUT2D eigenvalue weighted by Gasteiger charge is -2.26. The molecule has 88 valence electrons. The van der Waals surface area contributed by atoms with Crippen LogP contribution in [0.2, 0.25) is 0 Å². The van der Waals surface area contributed by atoms with Crippen LogP contribution in [0.15, 0.2) is 41.0 Å². The minimum atomic E-state index is 0.222. The van der Waals surface area contributed by atoms with E-state index in [0.29, 0.717) is 0 Å². The van der Waals surface area contributed by atoms with Crippen molar-refractivity contribution in [3.05, 3.63) is 59.0 Å². The van der Waals surface area contributed by atoms with Crippen molar-refractivity contribution >= 4 is 0 Å². The highest BCUT2D eigenvalue weighted by molar-refractivity contribution is 5.39. The van der Waals surface area contributed by atoms with Gasteiger partial charge in [-0.05, 0) is 41.7 Å². The third kappa shape index (κ3) is 1.89. The highest BCUT2D eigenvalue weighted by Gasteiger charge is 2.23. The monoisotopic (exact) mass is 227 g/mol. The van der Waals surface area contributed by atoms with Crippen molar-refractivity contribution in [2.24, 2.45) is 0 Å². The Morgan fingerprint density at radius 3 is 3.06 bits per heavy atom. The number of nitrogens with one attached hydrogen (secondary N) is 1. The normalized spacial score (nSPS) is 19.0. The summed E-state index contributed by atoms with van der Waals surface area (Å²) in [4.78, 5) is 0. The fraction of sp³-hybridized carbons (Fsp3) is 0.333. The van der Waals surface area contributed by atoms with E-state index in [2.05, 4.69) is 30.4 Å². The molecule has 0 fully saturated rings. The van der Waals surface area contributed by atoms with Gasteiger partial charge in [0.05, 0.1) is 12.3 Å². The average Bonchev–Trinajstić information content (AvgIpc) is 2.91. The molecule has 0 radical (unpaired) electrons. The van der Waals surface area contributed by atoms with E-state index >= 15 is 0 Å². The van der Waals surface area contributed by atoms with E-state index < -0.39 is 0 Å². The molecular weight excluding hydrogens is 210 g/mol. The Balaban J connectivity index is 2.06. The van der Waals surface area contributed by atoms with E-state index in [1.54, 1.807) is 6.26 Å². The Morgan fingerprint density at radius 2 is 2.29 bits per heavy atom. The maximum absolute atomic E-state index is 5.54. The number of hydrogen-bond acceptors (Lipinski definition) is 2. The first-order valence-corrected chi connectivity index (χ1v) is 6.27. The van der Waals surface area contributed by atoms with Gasteiger partial charge in [-0.3, -0.25) is 0 Å². The maximum Gasteiger partial charge on any atom is 0.125 e. The highest BCUT2D eigenvalue weighted by Crippen LogP contribution is 2.29. The zero-order valence-electron chi connectivity index (χ0n) is 10.1. The largest absolute Gasteiger partial charge is 0.467 e. The maximum atomic E-state index is 5.54. The molecule has 1 aromatic heterocycles. The Kier molecular flexibility index (Phi) is 2.73. The lowest BCUT2D eigenvalue weighted by molar-refractivity contribution is 0.435. The summed E-state index contributed by atoms with van der Waals surface area (Å²) in [6.07, 6.45) is 3.93. The molecule has 1 atom stereocenters. The Hall–Kier alpha value is -1.54. The van der Waals surface area contributed by atoms with Crippen LogP contribution in [0.1, 0.15) is 35.4 Å². The van der Waals surface area contributed by atoms with Crippen LogP contribution in [0.4, 0.5) is 0 Å². The van der Waals surface area contributed by atoms with Gasteiger partial charge in [-0.25, -0.2) is 0 Å². The van der Waals surface area contributed by atoms with E-state index in [9.17, 15) is 0 Å². The van der Waals surface area contributed by atoms with Gasteiger partial charge in [0.2, 0.25) is 0 Å². The number of benzene rings is 1. The molecule has 0 bridgehead atoms. The highest BCUT2D eigenvalue weighted by atomic mass is 16.3. The smallest absolute Gasteiger partial charge is 0.125 e. The fourth-order valence-corrected chi connectivity index (χ4v) is 2.53. The summed E-state index contributed by atoms with van der Waals surface area (Å²) >= 11 is 0. The topological polar surface area (TPSA) is 25.2 Å². The van der Waals surface area contributed by atoms with Crippen molar-refractivity contribution in [2.75, 3.05) is 6.54 Å². The van der Waals surface area contributed by atoms with Crippen LogP contribution >= 0.6 is 0 Å². The second-order valence-corrected chi connectivity index (χ2v) is 4.54. The minimum absolute atomic E-state index is 0.222. The molecule has 1 N–H and O–H groups in total. The number of hydrogen-bond donors (Lipinski definition) is 1. The lowest BCUT2D eigenvalue weighted by atomic mass is 9.91. The van der Waals surface area contributed by atoms with Crippen LogP contribution in [0.5, 0.6) is 0 Å². The zero-order chi connectivity index (χ0) is 11.7. The predicted molar refractivity (Wildman–Crippen MR) is 68.1 cm³/mol. The van der Waals surface area contributed by atoms with E-state index in [1.807, 2.05) is 12.1 Å². The third-order valence-corrected chi connectivity index (χ3v) is 3.50. The molecule has 2 heteroatoms. The SMILES string of the molecule is CCc1ccc2c(c1)C(c1ccco1)NCC2. The summed E-state index contributed by atoms with van der Waals surface area (Å²) in [5.74, 6) is 1.01. The van der Waals surface area contributed by atoms with Gasteiger partial charge in [0, 0.05) is 6.54 Å². The van der Waals surface area contributed by atoms with Crippen LogP contribution < -0.4 is 5.32 Å². The molecule has 0 saturated carbocycles. The summed E-state index contributed by atoms with van der Waals surface area (Å²) in [6, 6.07) is 11.0. The van der Waals surface area contributed by atoms with Crippen molar-refractivity contribution in [1.29, 1.82) is 0 Å². The van der Waals surface area contributed by atoms with Gasteiger partial charge in [-0.2, -0.15) is 0 Å². The first-order chi connectivity index (χ1) is 8.38. The molecular formula is C15H17NO. The molecule has 0 aliphatic carbocycles. The van der Waals surface area contributed by atoms with Gasteiger partial charge in [-0.15, -0.1) is 0 Å². The summed E-state index contributed by atoms with van der Waals surface area (Å²) in [5.41, 5.74) is 4.22. The molecule has 0 saturated heterocycles. The fourth-order valence-electron chi connectivity index (χ4n) is 2.53. The second kappa shape index (κ2) is 4.38. The quantitative estimate of drug-likeness (QED) is 0.853. The van der Waals surface area contributed by atoms with Gasteiger partial charge in [0.25, 0.3) is 0 Å². The molecule has 1 aromatic carbocycles. The van der Waals surface area contributed by atoms with E-state index in [4.69, 9.17) is 4.42 Å². The summed E-state index contributed by atoms with van der Waals surface area (Å²) in [7, 11) is 0. The summed E-state index contributed by atoms with van der Waals surface area (Å²) in [5, 5.41) is 3.54. The third-order valence-electron chi connectivity index (χ3n) is 3.50. The molecule has 0 spiro atoms. The number of rotatable bonds is 2. The van der Waals surface area contributed by atoms with Gasteiger partial charge < -0.3 is 9.73 Å². The molecule has 2 aromatic rings. The lowest BCUT2D eigenvalue weighted by Crippen LogP contribution is -2.30. The van der Waals surface area contributed by atoms with Gasteiger partial charge in [0.1, 0.15) is 5.76 Å². The van der Waals surface area contributed by atoms with Gasteiger partial charge in [0.15, 0.2) is 0 Å². The number of fused-ring (bicyclic) bond motifs is 1. The van der Waals surface area contributed by atoms with Crippen LogP contribution in [0, 0.1) is 0 Å². The van der Waals surface area contributed by atoms with Crippen LogP contribution in [0.25, 0.3) is 0 Å². The second-order valence-electron chi connectivity index (χ2n) is 4.54. The Morgan fingerprint density at radius 1 is 1.35 bits per heavy atom. The molecule has 1 aliphatic rings. The number of aryl methyl sites for hydroxylation is 1. The van der Waals surface area contributed by atoms with Crippen LogP contribution in [-0.4, -0.2) is 6.54 Å². The molecule has 2 nitrogen and oxygen atoms in total. The molecule has 2 heterocycles. The van der Waals surface area contributed by atoms with Crippen molar-refractivity contribution in [2.45, 2.75) is 25.8 Å². The summed E-state index contributed by atoms with van der Waals surface area (Å²) in [6.45, 7) is 3.21. The first-order valence-electron chi connectivity index (χ1n) is 6.27. The zero-order valence-corrected chi connectivity index (χ0v) is 10.1. The standard InChI is InChI=1S/C15H17NO/c1-2-11-5-6-12-7-8-16-15(13(12)10-11)14-4-3-9-17-14/h3-6,9-10,15-16H,2,7-8H2,1H3. The average molecular weight is 227 g/mol. The number of furan rings is 1. The molecule has 17 heavy (non-hydrogen) atoms. The van der Waals surface area contributed by atoms with E-state index in [0.717, 1.165) is 25.1 Å². The first kappa shape index (κ1) is 10.6. The predicted octanol–water partition coefficient (Wildman–Crippen LogP) is 3.08. The van der Waals surface area contributed by atoms with Gasteiger partial charge >= 0.3 is 0 Å². The summed E-state index contributed by atoms with van der Waals surface area (Å²) < 4.78 is 5.54. The van der Waals surface area contributed by atoms with Gasteiger partial charge in [-0.1, -0.05) is 25.1 Å². The Bertz CT molecular complexity index is 502. The van der Waals surface area contributed by atoms with E-state index in [-0.39, 0.29) is 6.04 Å². The Labute approximate surface area is 102 Å².